The van der Waals surface area contributed by atoms with Gasteiger partial charge in [0.1, 0.15) is 11.5 Å². The molecule has 0 radical (unpaired) electrons. The number of rotatable bonds is 6. The zero-order valence-corrected chi connectivity index (χ0v) is 20.2. The smallest absolute Gasteiger partial charge is 0.413 e. The van der Waals surface area contributed by atoms with E-state index in [0.717, 1.165) is 60.2 Å². The van der Waals surface area contributed by atoms with Gasteiger partial charge in [0, 0.05) is 49.6 Å². The lowest BCUT2D eigenvalue weighted by atomic mass is 10.0. The number of pyridine rings is 2. The van der Waals surface area contributed by atoms with E-state index < -0.39 is 6.09 Å². The van der Waals surface area contributed by atoms with Crippen molar-refractivity contribution in [3.8, 4) is 0 Å². The lowest BCUT2D eigenvalue weighted by molar-refractivity contribution is 0.0619. The van der Waals surface area contributed by atoms with Gasteiger partial charge in [0.25, 0.3) is 0 Å². The Bertz CT molecular complexity index is 1220. The number of carbonyl (C=O) groups excluding carboxylic acids is 1. The number of nitrogens with zero attached hydrogens (tertiary/aromatic N) is 4. The van der Waals surface area contributed by atoms with E-state index in [2.05, 4.69) is 16.0 Å². The van der Waals surface area contributed by atoms with Crippen molar-refractivity contribution in [2.24, 2.45) is 17.5 Å². The average molecular weight is 468 g/mol. The first-order valence-corrected chi connectivity index (χ1v) is 11.5. The maximum absolute atomic E-state index is 12.1. The maximum Gasteiger partial charge on any atom is 0.413 e. The number of ether oxygens (including phenoxy) is 2. The maximum atomic E-state index is 12.1. The summed E-state index contributed by atoms with van der Waals surface area (Å²) < 4.78 is 12.9. The summed E-state index contributed by atoms with van der Waals surface area (Å²) in [5, 5.41) is 5.14. The lowest BCUT2D eigenvalue weighted by Crippen LogP contribution is -2.26. The van der Waals surface area contributed by atoms with Gasteiger partial charge in [-0.25, -0.2) is 15.6 Å². The van der Waals surface area contributed by atoms with E-state index in [4.69, 9.17) is 31.0 Å². The van der Waals surface area contributed by atoms with Gasteiger partial charge >= 0.3 is 6.09 Å². The number of amides is 1. The summed E-state index contributed by atoms with van der Waals surface area (Å²) in [5.41, 5.74) is 10.8. The van der Waals surface area contributed by atoms with Gasteiger partial charge < -0.3 is 24.8 Å². The van der Waals surface area contributed by atoms with Crippen LogP contribution in [0.4, 0.5) is 10.6 Å². The van der Waals surface area contributed by atoms with Crippen LogP contribution in [0.25, 0.3) is 27.8 Å². The van der Waals surface area contributed by atoms with Crippen LogP contribution in [0.3, 0.4) is 0 Å². The second-order valence-corrected chi connectivity index (χ2v) is 9.05. The highest BCUT2D eigenvalue weighted by Crippen LogP contribution is 2.32. The normalized spacial score (nSPS) is 15.6. The van der Waals surface area contributed by atoms with Gasteiger partial charge in [-0.1, -0.05) is 0 Å². The molecule has 10 heteroatoms. The summed E-state index contributed by atoms with van der Waals surface area (Å²) in [6.45, 7) is 7.69. The van der Waals surface area contributed by atoms with Crippen LogP contribution in [0.2, 0.25) is 0 Å². The average Bonchev–Trinajstić information content (AvgIpc) is 3.06. The zero-order chi connectivity index (χ0) is 24.4. The minimum atomic E-state index is -0.534. The molecule has 1 amide bonds. The highest BCUT2D eigenvalue weighted by Gasteiger charge is 2.21. The number of fused-ring (bicyclic) bond motifs is 3. The standard InChI is InChI=1S/C24H33N7O3/c1-14(2)34-24(32)29-20-6-5-18-21-19(11-17(12-27-21)22(15(3)25)30(4)26)31(23(18)28-20)13-16-7-9-33-10-8-16/h5-6,11-12,14,16H,7-10,13,25-26H2,1-4H3,(H,28,29,32)/b22-15-. The van der Waals surface area contributed by atoms with Crippen molar-refractivity contribution in [3.05, 3.63) is 35.7 Å². The summed E-state index contributed by atoms with van der Waals surface area (Å²) in [4.78, 5) is 21.7. The largest absolute Gasteiger partial charge is 0.447 e. The fourth-order valence-corrected chi connectivity index (χ4v) is 4.45. The third kappa shape index (κ3) is 4.92. The van der Waals surface area contributed by atoms with Crippen molar-refractivity contribution in [3.63, 3.8) is 0 Å². The molecule has 0 atom stereocenters. The quantitative estimate of drug-likeness (QED) is 0.371. The first-order valence-electron chi connectivity index (χ1n) is 11.5. The predicted octanol–water partition coefficient (Wildman–Crippen LogP) is 3.42. The van der Waals surface area contributed by atoms with Gasteiger partial charge in [-0.15, -0.1) is 0 Å². The van der Waals surface area contributed by atoms with Gasteiger partial charge in [0.05, 0.1) is 22.8 Å². The van der Waals surface area contributed by atoms with E-state index in [0.29, 0.717) is 23.1 Å². The number of hydrazine groups is 1. The lowest BCUT2D eigenvalue weighted by Gasteiger charge is -2.23. The van der Waals surface area contributed by atoms with Gasteiger partial charge in [0.2, 0.25) is 0 Å². The third-order valence-electron chi connectivity index (χ3n) is 5.90. The van der Waals surface area contributed by atoms with Crippen LogP contribution in [0.5, 0.6) is 0 Å². The molecule has 3 aromatic rings. The topological polar surface area (TPSA) is 134 Å². The molecule has 0 saturated carbocycles. The first kappa shape index (κ1) is 23.8. The van der Waals surface area contributed by atoms with Gasteiger partial charge in [0.15, 0.2) is 0 Å². The van der Waals surface area contributed by atoms with Gasteiger partial charge in [-0.2, -0.15) is 0 Å². The molecule has 4 rings (SSSR count). The third-order valence-corrected chi connectivity index (χ3v) is 5.90. The fraction of sp³-hybridized carbons (Fsp3) is 0.458. The van der Waals surface area contributed by atoms with E-state index in [1.54, 1.807) is 33.2 Å². The molecule has 4 heterocycles. The summed E-state index contributed by atoms with van der Waals surface area (Å²) in [7, 11) is 1.75. The Kier molecular flexibility index (Phi) is 6.90. The molecule has 182 valence electrons. The minimum Gasteiger partial charge on any atom is -0.447 e. The van der Waals surface area contributed by atoms with Crippen molar-refractivity contribution in [2.45, 2.75) is 46.3 Å². The second-order valence-electron chi connectivity index (χ2n) is 9.05. The number of carbonyl (C=O) groups is 1. The molecule has 0 aliphatic carbocycles. The van der Waals surface area contributed by atoms with Gasteiger partial charge in [-0.3, -0.25) is 10.3 Å². The van der Waals surface area contributed by atoms with Crippen LogP contribution in [-0.2, 0) is 16.0 Å². The van der Waals surface area contributed by atoms with Crippen molar-refractivity contribution < 1.29 is 14.3 Å². The van der Waals surface area contributed by atoms with Crippen LogP contribution in [0.15, 0.2) is 30.1 Å². The van der Waals surface area contributed by atoms with Crippen molar-refractivity contribution >= 4 is 39.7 Å². The van der Waals surface area contributed by atoms with E-state index >= 15 is 0 Å². The first-order chi connectivity index (χ1) is 16.2. The number of nitrogens with two attached hydrogens (primary N) is 2. The van der Waals surface area contributed by atoms with E-state index in [1.807, 2.05) is 13.0 Å². The van der Waals surface area contributed by atoms with Crippen molar-refractivity contribution in [1.82, 2.24) is 19.5 Å². The molecular weight excluding hydrogens is 434 g/mol. The van der Waals surface area contributed by atoms with E-state index in [1.165, 1.54) is 5.01 Å². The summed E-state index contributed by atoms with van der Waals surface area (Å²) in [5.74, 6) is 6.93. The number of allylic oxidation sites excluding steroid dienone is 1. The molecular formula is C24H33N7O3. The van der Waals surface area contributed by atoms with Crippen LogP contribution in [0.1, 0.15) is 39.2 Å². The Morgan fingerprint density at radius 2 is 2.09 bits per heavy atom. The summed E-state index contributed by atoms with van der Waals surface area (Å²) in [6, 6.07) is 5.75. The molecule has 0 spiro atoms. The molecule has 0 unspecified atom stereocenters. The molecule has 3 aromatic heterocycles. The van der Waals surface area contributed by atoms with E-state index in [-0.39, 0.29) is 6.10 Å². The second kappa shape index (κ2) is 9.86. The molecule has 1 fully saturated rings. The Balaban J connectivity index is 1.85. The fourth-order valence-electron chi connectivity index (χ4n) is 4.45. The summed E-state index contributed by atoms with van der Waals surface area (Å²) >= 11 is 0. The number of nitrogens with one attached hydrogen (secondary N) is 1. The number of anilines is 1. The Morgan fingerprint density at radius 1 is 1.35 bits per heavy atom. The predicted molar refractivity (Wildman–Crippen MR) is 133 cm³/mol. The SMILES string of the molecule is C/C(N)=C(\c1cnc2c3ccc(NC(=O)OC(C)C)nc3n(CC3CCOCC3)c2c1)N(C)N. The molecule has 5 N–H and O–H groups in total. The monoisotopic (exact) mass is 467 g/mol. The highest BCUT2D eigenvalue weighted by atomic mass is 16.6. The number of hydrogen-bond acceptors (Lipinski definition) is 8. The molecule has 0 aromatic carbocycles. The molecule has 1 aliphatic heterocycles. The summed E-state index contributed by atoms with van der Waals surface area (Å²) in [6.07, 6.45) is 2.98. The van der Waals surface area contributed by atoms with Crippen LogP contribution >= 0.6 is 0 Å². The molecule has 1 aliphatic rings. The minimum absolute atomic E-state index is 0.222. The molecule has 1 saturated heterocycles. The van der Waals surface area contributed by atoms with Gasteiger partial charge in [-0.05, 0) is 57.7 Å². The molecule has 34 heavy (non-hydrogen) atoms. The Labute approximate surface area is 198 Å². The van der Waals surface area contributed by atoms with Crippen LogP contribution < -0.4 is 16.9 Å². The number of aromatic nitrogens is 3. The molecule has 0 bridgehead atoms. The number of hydrogen-bond donors (Lipinski definition) is 3. The van der Waals surface area contributed by atoms with Crippen LogP contribution in [-0.4, -0.2) is 52.0 Å². The van der Waals surface area contributed by atoms with Crippen molar-refractivity contribution in [1.29, 1.82) is 0 Å². The highest BCUT2D eigenvalue weighted by molar-refractivity contribution is 6.05. The Hall–Kier alpha value is -3.37. The Morgan fingerprint density at radius 3 is 2.74 bits per heavy atom. The molecule has 10 nitrogen and oxygen atoms in total. The van der Waals surface area contributed by atoms with Crippen LogP contribution in [0, 0.1) is 5.92 Å². The van der Waals surface area contributed by atoms with E-state index in [9.17, 15) is 4.79 Å². The van der Waals surface area contributed by atoms with Crippen molar-refractivity contribution in [2.75, 3.05) is 25.6 Å². The zero-order valence-electron chi connectivity index (χ0n) is 20.2.